The molecule has 1 aliphatic heterocycles. The highest BCUT2D eigenvalue weighted by atomic mass is 16.5. The summed E-state index contributed by atoms with van der Waals surface area (Å²) in [5.41, 5.74) is 2.28. The van der Waals surface area contributed by atoms with Gasteiger partial charge in [0.2, 0.25) is 0 Å². The summed E-state index contributed by atoms with van der Waals surface area (Å²) in [6.07, 6.45) is 2.85. The van der Waals surface area contributed by atoms with E-state index in [-0.39, 0.29) is 6.04 Å². The van der Waals surface area contributed by atoms with Crippen molar-refractivity contribution in [2.75, 3.05) is 13.7 Å². The Morgan fingerprint density at radius 2 is 2.21 bits per heavy atom. The third kappa shape index (κ3) is 3.78. The molecule has 1 aromatic carbocycles. The van der Waals surface area contributed by atoms with Gasteiger partial charge in [-0.25, -0.2) is 0 Å². The number of ether oxygens (including phenoxy) is 1. The second-order valence-corrected chi connectivity index (χ2v) is 5.07. The molecule has 1 atom stereocenters. The van der Waals surface area contributed by atoms with Crippen LogP contribution in [0.4, 0.5) is 0 Å². The van der Waals surface area contributed by atoms with Gasteiger partial charge in [0, 0.05) is 13.7 Å². The lowest BCUT2D eigenvalue weighted by Crippen LogP contribution is -2.44. The molecular weight excluding hydrogens is 242 g/mol. The van der Waals surface area contributed by atoms with Crippen LogP contribution in [-0.4, -0.2) is 35.7 Å². The number of benzene rings is 1. The molecule has 0 saturated carbocycles. The Morgan fingerprint density at radius 1 is 1.42 bits per heavy atom. The molecular formula is C15H21NO3. The first-order valence-corrected chi connectivity index (χ1v) is 6.74. The molecule has 1 fully saturated rings. The van der Waals surface area contributed by atoms with Crippen molar-refractivity contribution in [2.45, 2.75) is 38.5 Å². The number of rotatable bonds is 5. The molecule has 1 aromatic rings. The van der Waals surface area contributed by atoms with Gasteiger partial charge >= 0.3 is 5.97 Å². The molecule has 4 heteroatoms. The molecule has 0 spiro atoms. The molecule has 0 radical (unpaired) electrons. The summed E-state index contributed by atoms with van der Waals surface area (Å²) in [5.74, 6) is -0.701. The highest BCUT2D eigenvalue weighted by Gasteiger charge is 2.28. The molecule has 1 heterocycles. The van der Waals surface area contributed by atoms with Crippen LogP contribution in [0.25, 0.3) is 0 Å². The summed E-state index contributed by atoms with van der Waals surface area (Å²) in [6.45, 7) is 2.16. The molecule has 0 aromatic heterocycles. The average Bonchev–Trinajstić information content (AvgIpc) is 2.40. The highest BCUT2D eigenvalue weighted by molar-refractivity contribution is 5.73. The van der Waals surface area contributed by atoms with Gasteiger partial charge in [0.15, 0.2) is 0 Å². The zero-order chi connectivity index (χ0) is 13.7. The molecule has 2 rings (SSSR count). The van der Waals surface area contributed by atoms with E-state index in [1.54, 1.807) is 7.11 Å². The number of hydrogen-bond donors (Lipinski definition) is 1. The van der Waals surface area contributed by atoms with Crippen LogP contribution < -0.4 is 0 Å². The van der Waals surface area contributed by atoms with E-state index < -0.39 is 5.97 Å². The minimum absolute atomic E-state index is 0.333. The number of methoxy groups -OCH3 is 1. The molecule has 1 saturated heterocycles. The Labute approximate surface area is 114 Å². The first-order chi connectivity index (χ1) is 9.20. The Kier molecular flexibility index (Phi) is 4.93. The van der Waals surface area contributed by atoms with Gasteiger partial charge in [0.1, 0.15) is 6.04 Å². The molecule has 4 nitrogen and oxygen atoms in total. The number of carboxylic acids is 1. The third-order valence-electron chi connectivity index (χ3n) is 3.59. The second-order valence-electron chi connectivity index (χ2n) is 5.07. The SMILES string of the molecule is COCc1cccc(CN2CCCCC2C(=O)O)c1. The molecule has 1 N–H and O–H groups in total. The number of carboxylic acid groups (broad SMARTS) is 1. The van der Waals surface area contributed by atoms with Crippen molar-refractivity contribution in [3.63, 3.8) is 0 Å². The summed E-state index contributed by atoms with van der Waals surface area (Å²) in [4.78, 5) is 13.3. The van der Waals surface area contributed by atoms with Crippen molar-refractivity contribution in [1.82, 2.24) is 4.90 Å². The normalized spacial score (nSPS) is 20.4. The van der Waals surface area contributed by atoms with Crippen molar-refractivity contribution in [3.05, 3.63) is 35.4 Å². The van der Waals surface area contributed by atoms with E-state index in [4.69, 9.17) is 4.74 Å². The third-order valence-corrected chi connectivity index (χ3v) is 3.59. The Balaban J connectivity index is 2.06. The predicted molar refractivity (Wildman–Crippen MR) is 72.8 cm³/mol. The largest absolute Gasteiger partial charge is 0.480 e. The smallest absolute Gasteiger partial charge is 0.320 e. The maximum absolute atomic E-state index is 11.3. The van der Waals surface area contributed by atoms with E-state index in [0.717, 1.165) is 36.9 Å². The van der Waals surface area contributed by atoms with Crippen LogP contribution in [0.3, 0.4) is 0 Å². The summed E-state index contributed by atoms with van der Waals surface area (Å²) < 4.78 is 5.12. The summed E-state index contributed by atoms with van der Waals surface area (Å²) in [5, 5.41) is 9.26. The van der Waals surface area contributed by atoms with E-state index in [0.29, 0.717) is 13.2 Å². The molecule has 19 heavy (non-hydrogen) atoms. The summed E-state index contributed by atoms with van der Waals surface area (Å²) in [7, 11) is 1.68. The lowest BCUT2D eigenvalue weighted by Gasteiger charge is -2.32. The van der Waals surface area contributed by atoms with E-state index in [1.165, 1.54) is 0 Å². The van der Waals surface area contributed by atoms with Crippen LogP contribution in [0.1, 0.15) is 30.4 Å². The van der Waals surface area contributed by atoms with E-state index >= 15 is 0 Å². The van der Waals surface area contributed by atoms with Gasteiger partial charge in [0.25, 0.3) is 0 Å². The molecule has 1 unspecified atom stereocenters. The van der Waals surface area contributed by atoms with Crippen molar-refractivity contribution in [2.24, 2.45) is 0 Å². The highest BCUT2D eigenvalue weighted by Crippen LogP contribution is 2.20. The van der Waals surface area contributed by atoms with Gasteiger partial charge in [-0.05, 0) is 30.5 Å². The van der Waals surface area contributed by atoms with E-state index in [9.17, 15) is 9.90 Å². The van der Waals surface area contributed by atoms with Crippen LogP contribution >= 0.6 is 0 Å². The quantitative estimate of drug-likeness (QED) is 0.885. The Bertz CT molecular complexity index is 433. The maximum atomic E-state index is 11.3. The van der Waals surface area contributed by atoms with Crippen LogP contribution in [0.15, 0.2) is 24.3 Å². The number of aliphatic carboxylic acids is 1. The van der Waals surface area contributed by atoms with Crippen molar-refractivity contribution < 1.29 is 14.6 Å². The van der Waals surface area contributed by atoms with Gasteiger partial charge in [-0.15, -0.1) is 0 Å². The predicted octanol–water partition coefficient (Wildman–Crippen LogP) is 2.27. The van der Waals surface area contributed by atoms with E-state index in [1.807, 2.05) is 18.2 Å². The zero-order valence-electron chi connectivity index (χ0n) is 11.3. The Morgan fingerprint density at radius 3 is 2.95 bits per heavy atom. The van der Waals surface area contributed by atoms with Crippen LogP contribution in [0, 0.1) is 0 Å². The first-order valence-electron chi connectivity index (χ1n) is 6.74. The molecule has 0 aliphatic carbocycles. The molecule has 0 bridgehead atoms. The van der Waals surface area contributed by atoms with Crippen LogP contribution in [0.5, 0.6) is 0 Å². The van der Waals surface area contributed by atoms with Gasteiger partial charge in [-0.1, -0.05) is 30.7 Å². The summed E-state index contributed by atoms with van der Waals surface area (Å²) >= 11 is 0. The molecule has 0 amide bonds. The van der Waals surface area contributed by atoms with Crippen LogP contribution in [-0.2, 0) is 22.7 Å². The number of piperidine rings is 1. The monoisotopic (exact) mass is 263 g/mol. The van der Waals surface area contributed by atoms with Gasteiger partial charge in [0.05, 0.1) is 6.61 Å². The van der Waals surface area contributed by atoms with E-state index in [2.05, 4.69) is 11.0 Å². The maximum Gasteiger partial charge on any atom is 0.320 e. The molecule has 104 valence electrons. The first kappa shape index (κ1) is 14.0. The Hall–Kier alpha value is -1.39. The minimum Gasteiger partial charge on any atom is -0.480 e. The lowest BCUT2D eigenvalue weighted by molar-refractivity contribution is -0.144. The van der Waals surface area contributed by atoms with Crippen molar-refractivity contribution >= 4 is 5.97 Å². The van der Waals surface area contributed by atoms with Crippen LogP contribution in [0.2, 0.25) is 0 Å². The van der Waals surface area contributed by atoms with Gasteiger partial charge in [-0.2, -0.15) is 0 Å². The average molecular weight is 263 g/mol. The fourth-order valence-corrected chi connectivity index (χ4v) is 2.68. The number of nitrogens with zero attached hydrogens (tertiary/aromatic N) is 1. The number of hydrogen-bond acceptors (Lipinski definition) is 3. The summed E-state index contributed by atoms with van der Waals surface area (Å²) in [6, 6.07) is 7.84. The van der Waals surface area contributed by atoms with Crippen molar-refractivity contribution in [1.29, 1.82) is 0 Å². The minimum atomic E-state index is -0.701. The fraction of sp³-hybridized carbons (Fsp3) is 0.533. The number of likely N-dealkylation sites (tertiary alicyclic amines) is 1. The fourth-order valence-electron chi connectivity index (χ4n) is 2.68. The van der Waals surface area contributed by atoms with Gasteiger partial charge < -0.3 is 9.84 Å². The van der Waals surface area contributed by atoms with Gasteiger partial charge in [-0.3, -0.25) is 9.69 Å². The topological polar surface area (TPSA) is 49.8 Å². The molecule has 1 aliphatic rings. The van der Waals surface area contributed by atoms with Crippen molar-refractivity contribution in [3.8, 4) is 0 Å². The zero-order valence-corrected chi connectivity index (χ0v) is 11.3. The lowest BCUT2D eigenvalue weighted by atomic mass is 10.0. The second kappa shape index (κ2) is 6.68. The standard InChI is InChI=1S/C15H21NO3/c1-19-11-13-6-4-5-12(9-13)10-16-8-3-2-7-14(16)15(17)18/h4-6,9,14H,2-3,7-8,10-11H2,1H3,(H,17,18). The number of carbonyl (C=O) groups is 1.